The lowest BCUT2D eigenvalue weighted by atomic mass is 10.0. The summed E-state index contributed by atoms with van der Waals surface area (Å²) in [6, 6.07) is 18.8. The maximum absolute atomic E-state index is 13.6. The molecule has 27 heavy (non-hydrogen) atoms. The van der Waals surface area contributed by atoms with Gasteiger partial charge in [-0.25, -0.2) is 8.78 Å². The highest BCUT2D eigenvalue weighted by Gasteiger charge is 2.09. The fraction of sp³-hybridized carbons (Fsp3) is 0.0476. The van der Waals surface area contributed by atoms with Crippen molar-refractivity contribution in [3.05, 3.63) is 95.6 Å². The Balaban J connectivity index is 0.000000817. The molecule has 0 aliphatic heterocycles. The normalized spacial score (nSPS) is 9.56. The minimum absolute atomic E-state index is 0.0234. The molecule has 6 heteroatoms. The summed E-state index contributed by atoms with van der Waals surface area (Å²) in [5.41, 5.74) is 1.47. The van der Waals surface area contributed by atoms with Crippen LogP contribution in [0.3, 0.4) is 0 Å². The maximum Gasteiger partial charge on any atom is 0.373 e. The molecule has 3 aromatic rings. The van der Waals surface area contributed by atoms with Gasteiger partial charge in [-0.3, -0.25) is 4.79 Å². The monoisotopic (exact) mass is 368 g/mol. The highest BCUT2D eigenvalue weighted by molar-refractivity contribution is 5.97. The van der Waals surface area contributed by atoms with Crippen molar-refractivity contribution in [2.24, 2.45) is 0 Å². The highest BCUT2D eigenvalue weighted by atomic mass is 19.1. The van der Waals surface area contributed by atoms with Crippen LogP contribution in [0.2, 0.25) is 0 Å². The largest absolute Gasteiger partial charge is 0.454 e. The van der Waals surface area contributed by atoms with E-state index in [2.05, 4.69) is 0 Å². The molecule has 0 aliphatic rings. The van der Waals surface area contributed by atoms with Crippen LogP contribution in [-0.2, 0) is 16.0 Å². The lowest BCUT2D eigenvalue weighted by Gasteiger charge is -2.08. The molecule has 0 atom stereocenters. The number of ether oxygens (including phenoxy) is 1. The van der Waals surface area contributed by atoms with E-state index >= 15 is 0 Å². The van der Waals surface area contributed by atoms with Gasteiger partial charge in [-0.2, -0.15) is 9.59 Å². The number of benzene rings is 3. The maximum atomic E-state index is 13.6. The minimum Gasteiger partial charge on any atom is -0.454 e. The van der Waals surface area contributed by atoms with Gasteiger partial charge in [0.25, 0.3) is 0 Å². The van der Waals surface area contributed by atoms with Crippen LogP contribution in [0.4, 0.5) is 8.78 Å². The summed E-state index contributed by atoms with van der Waals surface area (Å²) >= 11 is 0. The van der Waals surface area contributed by atoms with Crippen molar-refractivity contribution in [3.8, 4) is 11.5 Å². The van der Waals surface area contributed by atoms with Gasteiger partial charge < -0.3 is 4.74 Å². The standard InChI is InChI=1S/C20H14F2O2.CO2/c21-16-8-11-18(22)20(13-16)24-17-9-6-15(7-10-17)19(23)12-14-4-2-1-3-5-14;2-1-3/h1-11,13H,12H2;. The Labute approximate surface area is 154 Å². The third-order valence-corrected chi connectivity index (χ3v) is 3.50. The second-order valence-electron chi connectivity index (χ2n) is 5.37. The van der Waals surface area contributed by atoms with Gasteiger partial charge in [0, 0.05) is 18.1 Å². The molecule has 0 fully saturated rings. The predicted molar refractivity (Wildman–Crippen MR) is 92.4 cm³/mol. The number of halogens is 2. The van der Waals surface area contributed by atoms with Gasteiger partial charge in [0.1, 0.15) is 11.6 Å². The molecule has 0 bridgehead atoms. The van der Waals surface area contributed by atoms with E-state index in [-0.39, 0.29) is 17.7 Å². The second-order valence-corrected chi connectivity index (χ2v) is 5.37. The van der Waals surface area contributed by atoms with Crippen LogP contribution in [0.5, 0.6) is 11.5 Å². The zero-order valence-corrected chi connectivity index (χ0v) is 14.0. The van der Waals surface area contributed by atoms with E-state index in [4.69, 9.17) is 14.3 Å². The molecule has 0 unspecified atom stereocenters. The molecule has 0 aromatic heterocycles. The van der Waals surface area contributed by atoms with Crippen LogP contribution >= 0.6 is 0 Å². The van der Waals surface area contributed by atoms with Crippen molar-refractivity contribution in [1.29, 1.82) is 0 Å². The Hall–Kier alpha value is -3.63. The van der Waals surface area contributed by atoms with Crippen LogP contribution in [-0.4, -0.2) is 11.9 Å². The summed E-state index contributed by atoms with van der Waals surface area (Å²) in [5.74, 6) is -1.12. The van der Waals surface area contributed by atoms with Crippen molar-refractivity contribution < 1.29 is 27.9 Å². The fourth-order valence-electron chi connectivity index (χ4n) is 2.27. The Morgan fingerprint density at radius 3 is 2.15 bits per heavy atom. The number of carbonyl (C=O) groups is 1. The third kappa shape index (κ3) is 5.99. The summed E-state index contributed by atoms with van der Waals surface area (Å²) in [5, 5.41) is 0. The summed E-state index contributed by atoms with van der Waals surface area (Å²) in [6.07, 6.45) is 0.555. The zero-order valence-electron chi connectivity index (χ0n) is 14.0. The minimum atomic E-state index is -0.652. The number of carbonyl (C=O) groups excluding carboxylic acids is 3. The fourth-order valence-corrected chi connectivity index (χ4v) is 2.27. The van der Waals surface area contributed by atoms with Gasteiger partial charge in [-0.05, 0) is 42.0 Å². The molecule has 0 aliphatic carbocycles. The van der Waals surface area contributed by atoms with Gasteiger partial charge in [-0.1, -0.05) is 30.3 Å². The Morgan fingerprint density at radius 2 is 1.52 bits per heavy atom. The topological polar surface area (TPSA) is 60.4 Å². The molecule has 0 spiro atoms. The van der Waals surface area contributed by atoms with Crippen molar-refractivity contribution in [3.63, 3.8) is 0 Å². The summed E-state index contributed by atoms with van der Waals surface area (Å²) in [6.45, 7) is 0. The molecule has 136 valence electrons. The van der Waals surface area contributed by atoms with Crippen molar-refractivity contribution in [1.82, 2.24) is 0 Å². The van der Waals surface area contributed by atoms with Crippen LogP contribution in [0.25, 0.3) is 0 Å². The molecular formula is C21H14F2O4. The summed E-state index contributed by atoms with van der Waals surface area (Å²) in [4.78, 5) is 28.5. The van der Waals surface area contributed by atoms with Gasteiger partial charge in [0.05, 0.1) is 0 Å². The number of Topliss-reactive ketones (excluding diaryl/α,β-unsaturated/α-hetero) is 1. The van der Waals surface area contributed by atoms with E-state index in [0.717, 1.165) is 23.8 Å². The van der Waals surface area contributed by atoms with Gasteiger partial charge >= 0.3 is 6.15 Å². The van der Waals surface area contributed by atoms with Gasteiger partial charge in [0.15, 0.2) is 17.3 Å². The first-order valence-corrected chi connectivity index (χ1v) is 7.83. The molecule has 0 saturated carbocycles. The lowest BCUT2D eigenvalue weighted by molar-refractivity contribution is -0.191. The number of ketones is 1. The highest BCUT2D eigenvalue weighted by Crippen LogP contribution is 2.25. The Morgan fingerprint density at radius 1 is 0.889 bits per heavy atom. The summed E-state index contributed by atoms with van der Waals surface area (Å²) in [7, 11) is 0. The molecule has 0 saturated heterocycles. The second kappa shape index (κ2) is 9.75. The van der Waals surface area contributed by atoms with E-state index < -0.39 is 11.6 Å². The van der Waals surface area contributed by atoms with E-state index in [1.54, 1.807) is 24.3 Å². The molecule has 3 rings (SSSR count). The predicted octanol–water partition coefficient (Wildman–Crippen LogP) is 4.60. The first kappa shape index (κ1) is 19.7. The lowest BCUT2D eigenvalue weighted by Crippen LogP contribution is -2.03. The van der Waals surface area contributed by atoms with E-state index in [1.807, 2.05) is 30.3 Å². The van der Waals surface area contributed by atoms with Crippen molar-refractivity contribution >= 4 is 11.9 Å². The Bertz CT molecular complexity index is 932. The average Bonchev–Trinajstić information content (AvgIpc) is 2.67. The average molecular weight is 368 g/mol. The van der Waals surface area contributed by atoms with Crippen LogP contribution < -0.4 is 4.74 Å². The Kier molecular flexibility index (Phi) is 7.11. The molecule has 3 aromatic carbocycles. The molecule has 0 N–H and O–H groups in total. The van der Waals surface area contributed by atoms with Crippen LogP contribution in [0, 0.1) is 11.6 Å². The third-order valence-electron chi connectivity index (χ3n) is 3.50. The van der Waals surface area contributed by atoms with Crippen LogP contribution in [0.1, 0.15) is 15.9 Å². The molecular weight excluding hydrogens is 354 g/mol. The molecule has 0 heterocycles. The molecule has 0 amide bonds. The van der Waals surface area contributed by atoms with E-state index in [9.17, 15) is 13.6 Å². The summed E-state index contributed by atoms with van der Waals surface area (Å²) < 4.78 is 32.0. The first-order chi connectivity index (χ1) is 13.0. The number of rotatable bonds is 5. The number of hydrogen-bond donors (Lipinski definition) is 0. The first-order valence-electron chi connectivity index (χ1n) is 7.83. The van der Waals surface area contributed by atoms with Crippen molar-refractivity contribution in [2.45, 2.75) is 6.42 Å². The van der Waals surface area contributed by atoms with Crippen LogP contribution in [0.15, 0.2) is 72.8 Å². The SMILES string of the molecule is O=C(Cc1ccccc1)c1ccc(Oc2cc(F)ccc2F)cc1.O=C=O. The quantitative estimate of drug-likeness (QED) is 0.618. The zero-order chi connectivity index (χ0) is 19.6. The van der Waals surface area contributed by atoms with Gasteiger partial charge in [-0.15, -0.1) is 0 Å². The molecule has 4 nitrogen and oxygen atoms in total. The van der Waals surface area contributed by atoms with E-state index in [0.29, 0.717) is 17.7 Å². The molecule has 0 radical (unpaired) electrons. The van der Waals surface area contributed by atoms with Gasteiger partial charge in [0.2, 0.25) is 0 Å². The number of hydrogen-bond acceptors (Lipinski definition) is 4. The van der Waals surface area contributed by atoms with Crippen molar-refractivity contribution in [2.75, 3.05) is 0 Å². The smallest absolute Gasteiger partial charge is 0.373 e. The van der Waals surface area contributed by atoms with E-state index in [1.165, 1.54) is 0 Å².